The first-order valence-electron chi connectivity index (χ1n) is 4.62. The van der Waals surface area contributed by atoms with Gasteiger partial charge in [0, 0.05) is 6.07 Å². The van der Waals surface area contributed by atoms with E-state index < -0.39 is 21.8 Å². The Balaban J connectivity index is 3.23. The molecule has 6 nitrogen and oxygen atoms in total. The van der Waals surface area contributed by atoms with Gasteiger partial charge in [-0.1, -0.05) is 0 Å². The minimum Gasteiger partial charge on any atom is -0.462 e. The maximum absolute atomic E-state index is 11.3. The molecule has 0 amide bonds. The highest BCUT2D eigenvalue weighted by Crippen LogP contribution is 2.22. The summed E-state index contributed by atoms with van der Waals surface area (Å²) in [6.45, 7) is 1.77. The Hall–Kier alpha value is -1.95. The van der Waals surface area contributed by atoms with Crippen LogP contribution in [0.25, 0.3) is 0 Å². The molecule has 0 heterocycles. The molecule has 0 saturated carbocycles. The van der Waals surface area contributed by atoms with Crippen molar-refractivity contribution in [1.82, 2.24) is 0 Å². The molecule has 0 aliphatic carbocycles. The van der Waals surface area contributed by atoms with Crippen LogP contribution in [-0.4, -0.2) is 22.7 Å². The van der Waals surface area contributed by atoms with Crippen molar-refractivity contribution >= 4 is 28.5 Å². The Morgan fingerprint density at radius 1 is 1.47 bits per heavy atom. The van der Waals surface area contributed by atoms with Crippen LogP contribution in [0.2, 0.25) is 0 Å². The Kier molecular flexibility index (Phi) is 4.17. The highest BCUT2D eigenvalue weighted by molar-refractivity contribution is 6.68. The Bertz CT molecular complexity index is 486. The summed E-state index contributed by atoms with van der Waals surface area (Å²) in [5.74, 6) is -0.691. The lowest BCUT2D eigenvalue weighted by atomic mass is 10.1. The molecule has 0 aromatic heterocycles. The number of rotatable bonds is 4. The fourth-order valence-corrected chi connectivity index (χ4v) is 1.35. The number of carbonyl (C=O) groups is 2. The number of ether oxygens (including phenoxy) is 1. The van der Waals surface area contributed by atoms with Crippen molar-refractivity contribution in [3.63, 3.8) is 0 Å². The molecule has 0 saturated heterocycles. The van der Waals surface area contributed by atoms with Gasteiger partial charge in [-0.05, 0) is 30.7 Å². The number of nitro groups is 1. The van der Waals surface area contributed by atoms with Crippen molar-refractivity contribution in [3.05, 3.63) is 39.4 Å². The summed E-state index contributed by atoms with van der Waals surface area (Å²) in [6, 6.07) is 3.34. The van der Waals surface area contributed by atoms with Gasteiger partial charge in [0.15, 0.2) is 0 Å². The van der Waals surface area contributed by atoms with Gasteiger partial charge in [0.2, 0.25) is 0 Å². The van der Waals surface area contributed by atoms with Gasteiger partial charge >= 0.3 is 5.97 Å². The van der Waals surface area contributed by atoms with Gasteiger partial charge in [-0.2, -0.15) is 0 Å². The first kappa shape index (κ1) is 13.1. The standard InChI is InChI=1S/C10H8ClNO5/c1-2-17-10(14)6-3-4-7(9(11)13)8(5-6)12(15)16/h3-5H,2H2,1H3. The number of hydrogen-bond donors (Lipinski definition) is 0. The van der Waals surface area contributed by atoms with Gasteiger partial charge in [0.25, 0.3) is 10.9 Å². The Labute approximate surface area is 101 Å². The number of hydrogen-bond acceptors (Lipinski definition) is 5. The van der Waals surface area contributed by atoms with Gasteiger partial charge < -0.3 is 4.74 Å². The highest BCUT2D eigenvalue weighted by atomic mass is 35.5. The minimum absolute atomic E-state index is 0.000201. The van der Waals surface area contributed by atoms with E-state index in [9.17, 15) is 19.7 Å². The third-order valence-electron chi connectivity index (χ3n) is 1.92. The number of nitro benzene ring substituents is 1. The topological polar surface area (TPSA) is 86.5 Å². The van der Waals surface area contributed by atoms with Gasteiger partial charge in [-0.3, -0.25) is 14.9 Å². The molecule has 1 aromatic carbocycles. The van der Waals surface area contributed by atoms with E-state index >= 15 is 0 Å². The van der Waals surface area contributed by atoms with Crippen LogP contribution in [0.15, 0.2) is 18.2 Å². The van der Waals surface area contributed by atoms with E-state index in [1.165, 1.54) is 6.07 Å². The molecule has 17 heavy (non-hydrogen) atoms. The lowest BCUT2D eigenvalue weighted by molar-refractivity contribution is -0.385. The average Bonchev–Trinajstić information content (AvgIpc) is 2.28. The molecule has 0 aliphatic heterocycles. The Morgan fingerprint density at radius 2 is 2.12 bits per heavy atom. The summed E-state index contributed by atoms with van der Waals surface area (Å²) in [5.41, 5.74) is -0.777. The molecule has 0 N–H and O–H groups in total. The first-order chi connectivity index (χ1) is 7.97. The van der Waals surface area contributed by atoms with E-state index in [1.54, 1.807) is 6.92 Å². The summed E-state index contributed by atoms with van der Waals surface area (Å²) in [6.07, 6.45) is 0. The second-order valence-electron chi connectivity index (χ2n) is 2.98. The number of benzene rings is 1. The van der Waals surface area contributed by atoms with E-state index in [2.05, 4.69) is 4.74 Å². The maximum Gasteiger partial charge on any atom is 0.338 e. The number of carbonyl (C=O) groups excluding carboxylic acids is 2. The van der Waals surface area contributed by atoms with Crippen LogP contribution < -0.4 is 0 Å². The van der Waals surface area contributed by atoms with Crippen LogP contribution in [0, 0.1) is 10.1 Å². The van der Waals surface area contributed by atoms with E-state index in [4.69, 9.17) is 11.6 Å². The minimum atomic E-state index is -0.952. The van der Waals surface area contributed by atoms with Crippen LogP contribution in [0.4, 0.5) is 5.69 Å². The third-order valence-corrected chi connectivity index (χ3v) is 2.12. The van der Waals surface area contributed by atoms with Crippen LogP contribution in [0.5, 0.6) is 0 Å². The molecule has 0 fully saturated rings. The highest BCUT2D eigenvalue weighted by Gasteiger charge is 2.21. The molecule has 1 aromatic rings. The SMILES string of the molecule is CCOC(=O)c1ccc(C(=O)Cl)c([N+](=O)[O-])c1. The maximum atomic E-state index is 11.3. The predicted molar refractivity (Wildman–Crippen MR) is 59.2 cm³/mol. The molecule has 90 valence electrons. The van der Waals surface area contributed by atoms with Gasteiger partial charge in [0.1, 0.15) is 5.56 Å². The quantitative estimate of drug-likeness (QED) is 0.357. The number of halogens is 1. The van der Waals surface area contributed by atoms with Crippen molar-refractivity contribution in [2.75, 3.05) is 6.61 Å². The van der Waals surface area contributed by atoms with E-state index in [0.29, 0.717) is 0 Å². The largest absolute Gasteiger partial charge is 0.462 e. The molecular weight excluding hydrogens is 250 g/mol. The fourth-order valence-electron chi connectivity index (χ4n) is 1.19. The second-order valence-corrected chi connectivity index (χ2v) is 3.33. The first-order valence-corrected chi connectivity index (χ1v) is 5.00. The zero-order valence-electron chi connectivity index (χ0n) is 8.81. The number of esters is 1. The molecule has 0 aliphatic rings. The molecular formula is C10H8ClNO5. The summed E-state index contributed by atoms with van der Waals surface area (Å²) in [5, 5.41) is 9.75. The van der Waals surface area contributed by atoms with E-state index in [1.807, 2.05) is 0 Å². The average molecular weight is 258 g/mol. The molecule has 0 radical (unpaired) electrons. The third kappa shape index (κ3) is 3.01. The van der Waals surface area contributed by atoms with Gasteiger partial charge in [0.05, 0.1) is 17.1 Å². The summed E-state index contributed by atoms with van der Waals surface area (Å²) < 4.78 is 4.68. The van der Waals surface area contributed by atoms with Crippen molar-refractivity contribution in [2.24, 2.45) is 0 Å². The van der Waals surface area contributed by atoms with Crippen LogP contribution in [-0.2, 0) is 4.74 Å². The van der Waals surface area contributed by atoms with Crippen molar-refractivity contribution < 1.29 is 19.2 Å². The molecule has 1 rings (SSSR count). The second kappa shape index (κ2) is 5.40. The predicted octanol–water partition coefficient (Wildman–Crippen LogP) is 2.15. The molecule has 0 bridgehead atoms. The van der Waals surface area contributed by atoms with Gasteiger partial charge in [-0.15, -0.1) is 0 Å². The molecule has 0 atom stereocenters. The summed E-state index contributed by atoms with van der Waals surface area (Å²) in [7, 11) is 0. The van der Waals surface area contributed by atoms with E-state index in [0.717, 1.165) is 12.1 Å². The summed E-state index contributed by atoms with van der Waals surface area (Å²) in [4.78, 5) is 32.2. The van der Waals surface area contributed by atoms with E-state index in [-0.39, 0.29) is 17.7 Å². The lowest BCUT2D eigenvalue weighted by Gasteiger charge is -2.03. The lowest BCUT2D eigenvalue weighted by Crippen LogP contribution is -2.07. The zero-order chi connectivity index (χ0) is 13.0. The van der Waals surface area contributed by atoms with Crippen molar-refractivity contribution in [1.29, 1.82) is 0 Å². The van der Waals surface area contributed by atoms with Gasteiger partial charge in [-0.25, -0.2) is 4.79 Å². The monoisotopic (exact) mass is 257 g/mol. The Morgan fingerprint density at radius 3 is 2.59 bits per heavy atom. The summed E-state index contributed by atoms with van der Waals surface area (Å²) >= 11 is 5.19. The molecule has 0 spiro atoms. The zero-order valence-corrected chi connectivity index (χ0v) is 9.56. The molecule has 0 unspecified atom stereocenters. The smallest absolute Gasteiger partial charge is 0.338 e. The fraction of sp³-hybridized carbons (Fsp3) is 0.200. The van der Waals surface area contributed by atoms with Crippen molar-refractivity contribution in [3.8, 4) is 0 Å². The van der Waals surface area contributed by atoms with Crippen LogP contribution in [0.1, 0.15) is 27.6 Å². The molecule has 7 heteroatoms. The van der Waals surface area contributed by atoms with Crippen LogP contribution in [0.3, 0.4) is 0 Å². The van der Waals surface area contributed by atoms with Crippen molar-refractivity contribution in [2.45, 2.75) is 6.92 Å². The normalized spacial score (nSPS) is 9.76. The van der Waals surface area contributed by atoms with Crippen LogP contribution >= 0.6 is 11.6 Å². The number of nitrogens with zero attached hydrogens (tertiary/aromatic N) is 1.